The van der Waals surface area contributed by atoms with E-state index in [0.717, 1.165) is 43.5 Å². The predicted molar refractivity (Wildman–Crippen MR) is 159 cm³/mol. The molecule has 2 aromatic carbocycles. The van der Waals surface area contributed by atoms with Crippen molar-refractivity contribution in [2.24, 2.45) is 23.7 Å². The van der Waals surface area contributed by atoms with Crippen LogP contribution in [0.25, 0.3) is 11.4 Å². The number of ether oxygens (including phenoxy) is 1. The lowest BCUT2D eigenvalue weighted by Gasteiger charge is -2.34. The molecule has 2 atom stereocenters. The van der Waals surface area contributed by atoms with E-state index in [1.54, 1.807) is 29.9 Å². The minimum Gasteiger partial charge on any atom is -0.379 e. The molecule has 2 aliphatic rings. The van der Waals surface area contributed by atoms with Crippen LogP contribution in [-0.2, 0) is 23.0 Å². The lowest BCUT2D eigenvalue weighted by molar-refractivity contribution is -0.133. The summed E-state index contributed by atoms with van der Waals surface area (Å²) in [7, 11) is 1.74. The highest BCUT2D eigenvalue weighted by Crippen LogP contribution is 2.24. The van der Waals surface area contributed by atoms with Gasteiger partial charge < -0.3 is 15.4 Å². The first-order valence-corrected chi connectivity index (χ1v) is 14.6. The van der Waals surface area contributed by atoms with Crippen molar-refractivity contribution in [1.82, 2.24) is 30.0 Å². The number of nitrogens with two attached hydrogens (primary N) is 1. The molecular weight excluding hydrogens is 551 g/mol. The van der Waals surface area contributed by atoms with Crippen LogP contribution in [0.4, 0.5) is 10.1 Å². The smallest absolute Gasteiger partial charge is 0.224 e. The fraction of sp³-hybridized carbons (Fsp3) is 0.467. The number of rotatable bonds is 9. The summed E-state index contributed by atoms with van der Waals surface area (Å²) in [5.74, 6) is 0.624. The van der Waals surface area contributed by atoms with Crippen LogP contribution < -0.4 is 10.6 Å². The van der Waals surface area contributed by atoms with Crippen molar-refractivity contribution in [2.45, 2.75) is 31.7 Å². The number of morpholine rings is 1. The molecule has 5 rings (SSSR count). The third-order valence-corrected chi connectivity index (χ3v) is 7.92. The van der Waals surface area contributed by atoms with E-state index in [0.29, 0.717) is 50.3 Å². The van der Waals surface area contributed by atoms with Crippen LogP contribution in [0.5, 0.6) is 0 Å². The lowest BCUT2D eigenvalue weighted by Crippen LogP contribution is -2.45. The molecular formula is C30H37FN10O2. The number of carbonyl (C=O) groups excluding carboxylic acids is 1. The molecule has 1 aromatic heterocycles. The quantitative estimate of drug-likeness (QED) is 0.172. The third-order valence-electron chi connectivity index (χ3n) is 7.92. The van der Waals surface area contributed by atoms with Crippen molar-refractivity contribution in [2.75, 3.05) is 50.8 Å². The van der Waals surface area contributed by atoms with Gasteiger partial charge in [0.2, 0.25) is 11.9 Å². The summed E-state index contributed by atoms with van der Waals surface area (Å²) in [5.41, 5.74) is 8.75. The molecule has 0 unspecified atom stereocenters. The van der Waals surface area contributed by atoms with Gasteiger partial charge in [0.1, 0.15) is 5.82 Å². The largest absolute Gasteiger partial charge is 0.379 e. The second-order valence-electron chi connectivity index (χ2n) is 11.0. The van der Waals surface area contributed by atoms with Crippen LogP contribution in [0.15, 0.2) is 53.5 Å². The number of benzene rings is 2. The fourth-order valence-electron chi connectivity index (χ4n) is 5.72. The number of nitriles is 1. The van der Waals surface area contributed by atoms with Crippen LogP contribution >= 0.6 is 0 Å². The number of guanidine groups is 1. The van der Waals surface area contributed by atoms with Crippen LogP contribution in [0.3, 0.4) is 0 Å². The number of aryl methyl sites for hydroxylation is 1. The molecule has 0 bridgehead atoms. The standard InChI is InChI=1S/C30H37FN10O2/c1-38-29(35-36-37-38)24-5-2-6-27(17-24)41(21-32)30(33)34-26(20-39-12-14-43-15-13-39)18-28(42)40-11-3-4-23(19-40)16-22-7-9-25(31)10-8-22/h2,5-10,17,23,26H,3-4,11-16,18-20H2,1H3,(H2,33,34)/t23-,26-/m0/s1. The number of nitrogens with zero attached hydrogens (tertiary/aromatic N) is 9. The average Bonchev–Trinajstić information content (AvgIpc) is 3.45. The van der Waals surface area contributed by atoms with E-state index in [4.69, 9.17) is 15.5 Å². The summed E-state index contributed by atoms with van der Waals surface area (Å²) in [5, 5.41) is 21.7. The number of piperidine rings is 1. The van der Waals surface area contributed by atoms with Gasteiger partial charge in [-0.3, -0.25) is 9.69 Å². The van der Waals surface area contributed by atoms with Crippen molar-refractivity contribution in [3.05, 3.63) is 59.9 Å². The topological polar surface area (TPSA) is 142 Å². The molecule has 12 nitrogen and oxygen atoms in total. The highest BCUT2D eigenvalue weighted by atomic mass is 19.1. The fourth-order valence-corrected chi connectivity index (χ4v) is 5.72. The first kappa shape index (κ1) is 30.1. The monoisotopic (exact) mass is 588 g/mol. The zero-order valence-corrected chi connectivity index (χ0v) is 24.3. The van der Waals surface area contributed by atoms with E-state index in [1.807, 2.05) is 23.1 Å². The summed E-state index contributed by atoms with van der Waals surface area (Å²) >= 11 is 0. The molecule has 0 spiro atoms. The summed E-state index contributed by atoms with van der Waals surface area (Å²) in [6, 6.07) is 13.3. The Labute approximate surface area is 250 Å². The molecule has 2 N–H and O–H groups in total. The van der Waals surface area contributed by atoms with Crippen molar-refractivity contribution in [3.63, 3.8) is 0 Å². The number of aliphatic imine (C=N–C) groups is 1. The van der Waals surface area contributed by atoms with Gasteiger partial charge in [0.25, 0.3) is 0 Å². The van der Waals surface area contributed by atoms with E-state index in [9.17, 15) is 14.4 Å². The van der Waals surface area contributed by atoms with Gasteiger partial charge in [-0.2, -0.15) is 5.26 Å². The van der Waals surface area contributed by atoms with E-state index >= 15 is 0 Å². The lowest BCUT2D eigenvalue weighted by atomic mass is 9.91. The Morgan fingerprint density at radius 1 is 1.23 bits per heavy atom. The zero-order valence-electron chi connectivity index (χ0n) is 24.3. The number of tetrazole rings is 1. The molecule has 13 heteroatoms. The normalized spacial score (nSPS) is 18.7. The molecule has 1 amide bonds. The molecule has 2 aliphatic heterocycles. The number of likely N-dealkylation sites (tertiary alicyclic amines) is 1. The Morgan fingerprint density at radius 2 is 2.02 bits per heavy atom. The number of anilines is 1. The van der Waals surface area contributed by atoms with Gasteiger partial charge in [-0.25, -0.2) is 19.0 Å². The maximum absolute atomic E-state index is 13.6. The molecule has 3 aromatic rings. The van der Waals surface area contributed by atoms with E-state index in [-0.39, 0.29) is 24.1 Å². The molecule has 0 radical (unpaired) electrons. The molecule has 2 saturated heterocycles. The van der Waals surface area contributed by atoms with Gasteiger partial charge in [-0.1, -0.05) is 24.3 Å². The average molecular weight is 589 g/mol. The molecule has 0 aliphatic carbocycles. The zero-order chi connectivity index (χ0) is 30.2. The Balaban J connectivity index is 1.31. The van der Waals surface area contributed by atoms with E-state index in [1.165, 1.54) is 17.0 Å². The second kappa shape index (κ2) is 14.2. The van der Waals surface area contributed by atoms with Crippen LogP contribution in [0.2, 0.25) is 0 Å². The third kappa shape index (κ3) is 7.91. The van der Waals surface area contributed by atoms with Crippen LogP contribution in [0.1, 0.15) is 24.8 Å². The summed E-state index contributed by atoms with van der Waals surface area (Å²) in [6.45, 7) is 4.56. The highest BCUT2D eigenvalue weighted by molar-refractivity contribution is 5.98. The summed E-state index contributed by atoms with van der Waals surface area (Å²) < 4.78 is 20.4. The Hall–Kier alpha value is -4.41. The van der Waals surface area contributed by atoms with Gasteiger partial charge in [0.15, 0.2) is 12.0 Å². The minimum absolute atomic E-state index is 0.00892. The molecule has 2 fully saturated rings. The summed E-state index contributed by atoms with van der Waals surface area (Å²) in [4.78, 5) is 23.7. The van der Waals surface area contributed by atoms with Gasteiger partial charge in [0, 0.05) is 45.3 Å². The number of hydrogen-bond donors (Lipinski definition) is 1. The van der Waals surface area contributed by atoms with Crippen molar-refractivity contribution >= 4 is 17.6 Å². The Bertz CT molecular complexity index is 1450. The van der Waals surface area contributed by atoms with Crippen LogP contribution in [0, 0.1) is 23.2 Å². The van der Waals surface area contributed by atoms with Crippen LogP contribution in [-0.4, -0.2) is 93.9 Å². The maximum atomic E-state index is 13.6. The first-order valence-electron chi connectivity index (χ1n) is 14.6. The molecule has 0 saturated carbocycles. The number of amides is 1. The number of carbonyl (C=O) groups is 1. The van der Waals surface area contributed by atoms with Gasteiger partial charge in [-0.15, -0.1) is 5.10 Å². The van der Waals surface area contributed by atoms with Crippen molar-refractivity contribution in [3.8, 4) is 17.6 Å². The second-order valence-corrected chi connectivity index (χ2v) is 11.0. The first-order chi connectivity index (χ1) is 20.9. The molecule has 3 heterocycles. The van der Waals surface area contributed by atoms with E-state index in [2.05, 4.69) is 26.6 Å². The van der Waals surface area contributed by atoms with Gasteiger partial charge >= 0.3 is 0 Å². The number of aromatic nitrogens is 4. The summed E-state index contributed by atoms with van der Waals surface area (Å²) in [6.07, 6.45) is 5.03. The van der Waals surface area contributed by atoms with Gasteiger partial charge in [-0.05, 0) is 65.4 Å². The Kier molecular flexibility index (Phi) is 9.91. The number of hydrogen-bond acceptors (Lipinski definition) is 8. The van der Waals surface area contributed by atoms with Gasteiger partial charge in [0.05, 0.1) is 31.4 Å². The maximum Gasteiger partial charge on any atom is 0.224 e. The SMILES string of the molecule is Cn1nnnc1-c1cccc(N(C#N)C(N)=N[C@@H](CC(=O)N2CCC[C@@H](Cc3ccc(F)cc3)C2)CN2CCOCC2)c1. The Morgan fingerprint density at radius 3 is 2.74 bits per heavy atom. The van der Waals surface area contributed by atoms with Crippen molar-refractivity contribution < 1.29 is 13.9 Å². The predicted octanol–water partition coefficient (Wildman–Crippen LogP) is 2.19. The molecule has 43 heavy (non-hydrogen) atoms. The number of halogens is 1. The van der Waals surface area contributed by atoms with E-state index < -0.39 is 6.04 Å². The van der Waals surface area contributed by atoms with Crippen molar-refractivity contribution in [1.29, 1.82) is 5.26 Å². The highest BCUT2D eigenvalue weighted by Gasteiger charge is 2.28. The minimum atomic E-state index is -0.454. The molecule has 226 valence electrons.